The van der Waals surface area contributed by atoms with Gasteiger partial charge in [-0.25, -0.2) is 9.59 Å². The predicted octanol–water partition coefficient (Wildman–Crippen LogP) is 1.62. The molecule has 1 amide bonds. The fourth-order valence-corrected chi connectivity index (χ4v) is 2.11. The molecule has 1 atom stereocenters. The molecule has 1 N–H and O–H groups in total. The summed E-state index contributed by atoms with van der Waals surface area (Å²) >= 11 is 0. The Morgan fingerprint density at radius 2 is 1.80 bits per heavy atom. The molecule has 0 bridgehead atoms. The largest absolute Gasteiger partial charge is 0.482 e. The lowest BCUT2D eigenvalue weighted by atomic mass is 10.0. The highest BCUT2D eigenvalue weighted by atomic mass is 16.6. The van der Waals surface area contributed by atoms with E-state index in [1.807, 2.05) is 32.9 Å². The molecule has 7 nitrogen and oxygen atoms in total. The number of esters is 2. The molecule has 25 heavy (non-hydrogen) atoms. The minimum absolute atomic E-state index is 0.189. The molecule has 0 aliphatic rings. The van der Waals surface area contributed by atoms with E-state index in [-0.39, 0.29) is 12.5 Å². The van der Waals surface area contributed by atoms with Crippen molar-refractivity contribution < 1.29 is 28.6 Å². The molecule has 0 fully saturated rings. The molecular formula is C18H25NO6. The number of carbonyl (C=O) groups is 3. The highest BCUT2D eigenvalue weighted by Gasteiger charge is 2.23. The third kappa shape index (κ3) is 7.69. The standard InChI is InChI=1S/C18H25NO6/c1-12(2)9-14(18(22)23-4)19-16(20)10-25-17(21)11-24-15-8-6-5-7-13(15)3/h5-8,12,14H,9-11H2,1-4H3,(H,19,20)/t14-/m1/s1. The van der Waals surface area contributed by atoms with E-state index in [0.29, 0.717) is 12.2 Å². The molecule has 7 heteroatoms. The van der Waals surface area contributed by atoms with Gasteiger partial charge < -0.3 is 19.5 Å². The predicted molar refractivity (Wildman–Crippen MR) is 91.0 cm³/mol. The normalized spacial score (nSPS) is 11.6. The third-order valence-electron chi connectivity index (χ3n) is 3.33. The second-order valence-corrected chi connectivity index (χ2v) is 5.99. The fraction of sp³-hybridized carbons (Fsp3) is 0.500. The molecule has 1 aromatic carbocycles. The number of nitrogens with one attached hydrogen (secondary N) is 1. The Bertz CT molecular complexity index is 599. The molecule has 0 saturated heterocycles. The summed E-state index contributed by atoms with van der Waals surface area (Å²) in [6, 6.07) is 6.49. The number of aryl methyl sites for hydroxylation is 1. The zero-order valence-electron chi connectivity index (χ0n) is 15.0. The lowest BCUT2D eigenvalue weighted by Gasteiger charge is -2.18. The molecule has 0 aliphatic carbocycles. The molecule has 0 unspecified atom stereocenters. The van der Waals surface area contributed by atoms with Gasteiger partial charge in [-0.05, 0) is 30.9 Å². The summed E-state index contributed by atoms with van der Waals surface area (Å²) < 4.78 is 14.9. The van der Waals surface area contributed by atoms with Crippen molar-refractivity contribution in [1.82, 2.24) is 5.32 Å². The van der Waals surface area contributed by atoms with Gasteiger partial charge in [0.15, 0.2) is 13.2 Å². The molecule has 0 aliphatic heterocycles. The maximum Gasteiger partial charge on any atom is 0.344 e. The van der Waals surface area contributed by atoms with Crippen LogP contribution in [0.15, 0.2) is 24.3 Å². The monoisotopic (exact) mass is 351 g/mol. The van der Waals surface area contributed by atoms with Gasteiger partial charge in [-0.15, -0.1) is 0 Å². The van der Waals surface area contributed by atoms with Crippen LogP contribution in [0.25, 0.3) is 0 Å². The molecule has 1 aromatic rings. The van der Waals surface area contributed by atoms with Crippen molar-refractivity contribution in [2.24, 2.45) is 5.92 Å². The first-order valence-corrected chi connectivity index (χ1v) is 8.04. The summed E-state index contributed by atoms with van der Waals surface area (Å²) in [5, 5.41) is 2.51. The molecule has 0 spiro atoms. The Labute approximate surface area is 147 Å². The Balaban J connectivity index is 2.40. The van der Waals surface area contributed by atoms with Gasteiger partial charge in [-0.3, -0.25) is 4.79 Å². The van der Waals surface area contributed by atoms with E-state index in [2.05, 4.69) is 10.1 Å². The molecule has 0 saturated carbocycles. The summed E-state index contributed by atoms with van der Waals surface area (Å²) in [5.41, 5.74) is 0.891. The second kappa shape index (κ2) is 10.3. The van der Waals surface area contributed by atoms with Crippen molar-refractivity contribution in [3.8, 4) is 5.75 Å². The van der Waals surface area contributed by atoms with Crippen molar-refractivity contribution in [1.29, 1.82) is 0 Å². The van der Waals surface area contributed by atoms with Crippen molar-refractivity contribution >= 4 is 17.8 Å². The number of rotatable bonds is 9. The van der Waals surface area contributed by atoms with E-state index in [0.717, 1.165) is 5.56 Å². The molecule has 138 valence electrons. The van der Waals surface area contributed by atoms with Crippen molar-refractivity contribution in [3.05, 3.63) is 29.8 Å². The summed E-state index contributed by atoms with van der Waals surface area (Å²) in [7, 11) is 1.25. The van der Waals surface area contributed by atoms with Crippen molar-refractivity contribution in [2.45, 2.75) is 33.2 Å². The first-order chi connectivity index (χ1) is 11.8. The van der Waals surface area contributed by atoms with Crippen LogP contribution in [0.5, 0.6) is 5.75 Å². The van der Waals surface area contributed by atoms with E-state index >= 15 is 0 Å². The van der Waals surface area contributed by atoms with Gasteiger partial charge >= 0.3 is 11.9 Å². The van der Waals surface area contributed by atoms with Crippen LogP contribution in [0, 0.1) is 12.8 Å². The van der Waals surface area contributed by atoms with E-state index in [9.17, 15) is 14.4 Å². The summed E-state index contributed by atoms with van der Waals surface area (Å²) in [4.78, 5) is 35.2. The fourth-order valence-electron chi connectivity index (χ4n) is 2.11. The van der Waals surface area contributed by atoms with Gasteiger partial charge in [0.05, 0.1) is 7.11 Å². The summed E-state index contributed by atoms with van der Waals surface area (Å²) in [6.45, 7) is 4.91. The third-order valence-corrected chi connectivity index (χ3v) is 3.33. The van der Waals surface area contributed by atoms with Crippen LogP contribution in [0.2, 0.25) is 0 Å². The van der Waals surface area contributed by atoms with Gasteiger partial charge in [0.1, 0.15) is 11.8 Å². The van der Waals surface area contributed by atoms with E-state index in [1.165, 1.54) is 7.11 Å². The van der Waals surface area contributed by atoms with Crippen LogP contribution in [0.1, 0.15) is 25.8 Å². The van der Waals surface area contributed by atoms with Gasteiger partial charge in [0.25, 0.3) is 5.91 Å². The maximum absolute atomic E-state index is 11.9. The first-order valence-electron chi connectivity index (χ1n) is 8.04. The number of hydrogen-bond donors (Lipinski definition) is 1. The minimum atomic E-state index is -0.764. The quantitative estimate of drug-likeness (QED) is 0.680. The van der Waals surface area contributed by atoms with Gasteiger partial charge in [-0.1, -0.05) is 32.0 Å². The second-order valence-electron chi connectivity index (χ2n) is 5.99. The van der Waals surface area contributed by atoms with Gasteiger partial charge in [0, 0.05) is 0 Å². The summed E-state index contributed by atoms with van der Waals surface area (Å²) in [5.74, 6) is -1.01. The average Bonchev–Trinajstić information content (AvgIpc) is 2.57. The number of para-hydroxylation sites is 1. The molecule has 1 rings (SSSR count). The minimum Gasteiger partial charge on any atom is -0.482 e. The van der Waals surface area contributed by atoms with Crippen molar-refractivity contribution in [2.75, 3.05) is 20.3 Å². The number of hydrogen-bond acceptors (Lipinski definition) is 6. The van der Waals surface area contributed by atoms with Crippen LogP contribution >= 0.6 is 0 Å². The van der Waals surface area contributed by atoms with E-state index in [1.54, 1.807) is 12.1 Å². The van der Waals surface area contributed by atoms with Crippen LogP contribution in [-0.2, 0) is 23.9 Å². The van der Waals surface area contributed by atoms with Gasteiger partial charge in [0.2, 0.25) is 0 Å². The van der Waals surface area contributed by atoms with Crippen LogP contribution in [0.4, 0.5) is 0 Å². The highest BCUT2D eigenvalue weighted by molar-refractivity contribution is 5.86. The SMILES string of the molecule is COC(=O)[C@@H](CC(C)C)NC(=O)COC(=O)COc1ccccc1C. The lowest BCUT2D eigenvalue weighted by Crippen LogP contribution is -2.44. The number of methoxy groups -OCH3 is 1. The Morgan fingerprint density at radius 1 is 1.12 bits per heavy atom. The van der Waals surface area contributed by atoms with Crippen LogP contribution < -0.4 is 10.1 Å². The first kappa shape index (κ1) is 20.5. The highest BCUT2D eigenvalue weighted by Crippen LogP contribution is 2.15. The van der Waals surface area contributed by atoms with E-state index < -0.39 is 30.5 Å². The zero-order chi connectivity index (χ0) is 18.8. The Kier molecular flexibility index (Phi) is 8.46. The Hall–Kier alpha value is -2.57. The maximum atomic E-state index is 11.9. The Morgan fingerprint density at radius 3 is 2.40 bits per heavy atom. The molecule has 0 aromatic heterocycles. The molecule has 0 radical (unpaired) electrons. The van der Waals surface area contributed by atoms with Crippen LogP contribution in [-0.4, -0.2) is 44.2 Å². The number of amides is 1. The van der Waals surface area contributed by atoms with E-state index in [4.69, 9.17) is 9.47 Å². The lowest BCUT2D eigenvalue weighted by molar-refractivity contribution is -0.151. The number of benzene rings is 1. The molecular weight excluding hydrogens is 326 g/mol. The topological polar surface area (TPSA) is 90.9 Å². The number of ether oxygens (including phenoxy) is 3. The molecule has 0 heterocycles. The van der Waals surface area contributed by atoms with Crippen molar-refractivity contribution in [3.63, 3.8) is 0 Å². The number of carbonyl (C=O) groups excluding carboxylic acids is 3. The van der Waals surface area contributed by atoms with Crippen LogP contribution in [0.3, 0.4) is 0 Å². The smallest absolute Gasteiger partial charge is 0.344 e. The summed E-state index contributed by atoms with van der Waals surface area (Å²) in [6.07, 6.45) is 0.433. The zero-order valence-corrected chi connectivity index (χ0v) is 15.0. The van der Waals surface area contributed by atoms with Gasteiger partial charge in [-0.2, -0.15) is 0 Å². The average molecular weight is 351 g/mol.